The average molecular weight is 219 g/mol. The van der Waals surface area contributed by atoms with Crippen LogP contribution in [0.5, 0.6) is 0 Å². The molecule has 2 aromatic rings. The summed E-state index contributed by atoms with van der Waals surface area (Å²) in [5.41, 5.74) is 1.54. The van der Waals surface area contributed by atoms with E-state index < -0.39 is 0 Å². The van der Waals surface area contributed by atoms with Crippen molar-refractivity contribution in [3.05, 3.63) is 41.0 Å². The molecule has 0 saturated carbocycles. The van der Waals surface area contributed by atoms with Crippen LogP contribution in [0.3, 0.4) is 0 Å². The Hall–Kier alpha value is -1.70. The Morgan fingerprint density at radius 3 is 3.07 bits per heavy atom. The van der Waals surface area contributed by atoms with Crippen LogP contribution in [0.15, 0.2) is 35.5 Å². The molecule has 74 valence electrons. The van der Waals surface area contributed by atoms with Crippen molar-refractivity contribution >= 4 is 28.6 Å². The van der Waals surface area contributed by atoms with Gasteiger partial charge in [0, 0.05) is 22.2 Å². The smallest absolute Gasteiger partial charge is 0.235 e. The van der Waals surface area contributed by atoms with E-state index in [1.807, 2.05) is 18.2 Å². The zero-order valence-corrected chi connectivity index (χ0v) is 8.53. The number of pyridine rings is 1. The van der Waals surface area contributed by atoms with Gasteiger partial charge in [-0.05, 0) is 12.1 Å². The molecule has 2 rings (SSSR count). The molecule has 0 atom stereocenters. The highest BCUT2D eigenvalue weighted by molar-refractivity contribution is 6.32. The molecule has 0 amide bonds. The van der Waals surface area contributed by atoms with Crippen LogP contribution in [0, 0.1) is 0 Å². The number of fused-ring (bicyclic) bond motifs is 1. The van der Waals surface area contributed by atoms with E-state index in [2.05, 4.69) is 9.98 Å². The lowest BCUT2D eigenvalue weighted by Gasteiger charge is -2.04. The maximum atomic E-state index is 10.1. The summed E-state index contributed by atoms with van der Waals surface area (Å²) in [5, 5.41) is 1.55. The molecular formula is C11H7ClN2O. The fourth-order valence-electron chi connectivity index (χ4n) is 1.44. The Morgan fingerprint density at radius 1 is 1.40 bits per heavy atom. The highest BCUT2D eigenvalue weighted by atomic mass is 35.5. The molecule has 0 N–H and O–H groups in total. The number of aromatic nitrogens is 1. The average Bonchev–Trinajstić information content (AvgIpc) is 2.28. The predicted octanol–water partition coefficient (Wildman–Crippen LogP) is 2.72. The van der Waals surface area contributed by atoms with Gasteiger partial charge in [0.25, 0.3) is 0 Å². The van der Waals surface area contributed by atoms with Crippen molar-refractivity contribution in [2.75, 3.05) is 0 Å². The molecule has 0 bridgehead atoms. The van der Waals surface area contributed by atoms with E-state index >= 15 is 0 Å². The molecular weight excluding hydrogens is 212 g/mol. The van der Waals surface area contributed by atoms with E-state index in [0.717, 1.165) is 16.5 Å². The van der Waals surface area contributed by atoms with E-state index in [1.165, 1.54) is 6.08 Å². The first kappa shape index (κ1) is 9.84. The molecule has 15 heavy (non-hydrogen) atoms. The number of aliphatic imine (C=N–C) groups is 1. The van der Waals surface area contributed by atoms with Gasteiger partial charge in [-0.25, -0.2) is 9.79 Å². The molecule has 1 aromatic heterocycles. The van der Waals surface area contributed by atoms with Gasteiger partial charge in [-0.2, -0.15) is 0 Å². The monoisotopic (exact) mass is 218 g/mol. The molecule has 4 heteroatoms. The Balaban J connectivity index is 2.67. The van der Waals surface area contributed by atoms with Crippen molar-refractivity contribution in [3.63, 3.8) is 0 Å². The van der Waals surface area contributed by atoms with Gasteiger partial charge < -0.3 is 0 Å². The first-order chi connectivity index (χ1) is 7.33. The van der Waals surface area contributed by atoms with Gasteiger partial charge in [-0.1, -0.05) is 23.7 Å². The lowest BCUT2D eigenvalue weighted by atomic mass is 10.1. The van der Waals surface area contributed by atoms with Crippen molar-refractivity contribution in [1.29, 1.82) is 0 Å². The molecule has 0 aliphatic carbocycles. The second-order valence-corrected chi connectivity index (χ2v) is 3.42. The molecule has 0 spiro atoms. The number of isocyanates is 1. The summed E-state index contributed by atoms with van der Waals surface area (Å²) in [6, 6.07) is 7.45. The first-order valence-corrected chi connectivity index (χ1v) is 4.76. The van der Waals surface area contributed by atoms with Gasteiger partial charge in [0.15, 0.2) is 0 Å². The Morgan fingerprint density at radius 2 is 2.27 bits per heavy atom. The molecule has 0 radical (unpaired) electrons. The molecule has 0 fully saturated rings. The van der Waals surface area contributed by atoms with Gasteiger partial charge in [0.2, 0.25) is 6.08 Å². The number of rotatable bonds is 2. The molecule has 3 nitrogen and oxygen atoms in total. The lowest BCUT2D eigenvalue weighted by molar-refractivity contribution is 0.563. The Kier molecular flexibility index (Phi) is 2.77. The summed E-state index contributed by atoms with van der Waals surface area (Å²) >= 11 is 6.01. The summed E-state index contributed by atoms with van der Waals surface area (Å²) in [6.07, 6.45) is 3.18. The zero-order valence-electron chi connectivity index (χ0n) is 7.77. The fraction of sp³-hybridized carbons (Fsp3) is 0.0909. The summed E-state index contributed by atoms with van der Waals surface area (Å²) < 4.78 is 0. The SMILES string of the molecule is O=C=NCc1c(Cl)ccc2cccnc12. The van der Waals surface area contributed by atoms with Crippen LogP contribution < -0.4 is 0 Å². The topological polar surface area (TPSA) is 42.3 Å². The van der Waals surface area contributed by atoms with Crippen LogP contribution >= 0.6 is 11.6 Å². The number of benzene rings is 1. The summed E-state index contributed by atoms with van der Waals surface area (Å²) in [5.74, 6) is 0. The molecule has 1 heterocycles. The van der Waals surface area contributed by atoms with Crippen LogP contribution in [0.2, 0.25) is 5.02 Å². The number of halogens is 1. The van der Waals surface area contributed by atoms with Crippen molar-refractivity contribution in [2.24, 2.45) is 4.99 Å². The standard InChI is InChI=1S/C11H7ClN2O/c12-10-4-3-8-2-1-5-14-11(8)9(10)6-13-7-15/h1-5H,6H2. The third-order valence-corrected chi connectivity index (χ3v) is 2.48. The van der Waals surface area contributed by atoms with E-state index in [4.69, 9.17) is 11.6 Å². The Bertz CT molecular complexity index is 547. The number of hydrogen-bond donors (Lipinski definition) is 0. The van der Waals surface area contributed by atoms with Crippen LogP contribution in [0.4, 0.5) is 0 Å². The van der Waals surface area contributed by atoms with Gasteiger partial charge >= 0.3 is 0 Å². The Labute approximate surface area is 91.4 Å². The number of carbonyl (C=O) groups excluding carboxylic acids is 1. The van der Waals surface area contributed by atoms with Gasteiger partial charge in [0.1, 0.15) is 0 Å². The van der Waals surface area contributed by atoms with Crippen LogP contribution in [-0.4, -0.2) is 11.1 Å². The molecule has 0 aliphatic heterocycles. The summed E-state index contributed by atoms with van der Waals surface area (Å²) in [4.78, 5) is 17.8. The predicted molar refractivity (Wildman–Crippen MR) is 58.6 cm³/mol. The zero-order chi connectivity index (χ0) is 10.7. The van der Waals surface area contributed by atoms with Crippen LogP contribution in [0.1, 0.15) is 5.56 Å². The third kappa shape index (κ3) is 1.89. The van der Waals surface area contributed by atoms with Crippen molar-refractivity contribution in [2.45, 2.75) is 6.54 Å². The minimum absolute atomic E-state index is 0.219. The van der Waals surface area contributed by atoms with Crippen molar-refractivity contribution < 1.29 is 4.79 Å². The maximum Gasteiger partial charge on any atom is 0.235 e. The number of nitrogens with zero attached hydrogens (tertiary/aromatic N) is 2. The highest BCUT2D eigenvalue weighted by Gasteiger charge is 2.05. The molecule has 0 saturated heterocycles. The number of hydrogen-bond acceptors (Lipinski definition) is 3. The summed E-state index contributed by atoms with van der Waals surface area (Å²) in [7, 11) is 0. The molecule has 0 aliphatic rings. The minimum atomic E-state index is 0.219. The second-order valence-electron chi connectivity index (χ2n) is 3.01. The van der Waals surface area contributed by atoms with Crippen LogP contribution in [0.25, 0.3) is 10.9 Å². The van der Waals surface area contributed by atoms with E-state index in [1.54, 1.807) is 12.3 Å². The molecule has 0 unspecified atom stereocenters. The molecule has 1 aromatic carbocycles. The van der Waals surface area contributed by atoms with E-state index in [-0.39, 0.29) is 6.54 Å². The van der Waals surface area contributed by atoms with Gasteiger partial charge in [-0.3, -0.25) is 4.98 Å². The van der Waals surface area contributed by atoms with Gasteiger partial charge in [0.05, 0.1) is 12.1 Å². The minimum Gasteiger partial charge on any atom is -0.256 e. The van der Waals surface area contributed by atoms with Crippen molar-refractivity contribution in [1.82, 2.24) is 4.98 Å². The largest absolute Gasteiger partial charge is 0.256 e. The second kappa shape index (κ2) is 4.22. The van der Waals surface area contributed by atoms with E-state index in [0.29, 0.717) is 5.02 Å². The van der Waals surface area contributed by atoms with Crippen molar-refractivity contribution in [3.8, 4) is 0 Å². The normalized spacial score (nSPS) is 9.93. The fourth-order valence-corrected chi connectivity index (χ4v) is 1.66. The third-order valence-electron chi connectivity index (χ3n) is 2.12. The maximum absolute atomic E-state index is 10.1. The summed E-state index contributed by atoms with van der Waals surface area (Å²) in [6.45, 7) is 0.219. The first-order valence-electron chi connectivity index (χ1n) is 4.38. The van der Waals surface area contributed by atoms with E-state index in [9.17, 15) is 4.79 Å². The quantitative estimate of drug-likeness (QED) is 0.575. The van der Waals surface area contributed by atoms with Crippen LogP contribution in [-0.2, 0) is 11.3 Å². The highest BCUT2D eigenvalue weighted by Crippen LogP contribution is 2.24. The van der Waals surface area contributed by atoms with Gasteiger partial charge in [-0.15, -0.1) is 0 Å². The lowest BCUT2D eigenvalue weighted by Crippen LogP contribution is -1.89.